The van der Waals surface area contributed by atoms with Crippen LogP contribution in [0.3, 0.4) is 0 Å². The molecule has 1 aliphatic rings. The van der Waals surface area contributed by atoms with Crippen molar-refractivity contribution in [2.45, 2.75) is 26.3 Å². The minimum atomic E-state index is 0. The Kier molecular flexibility index (Phi) is 8.73. The number of likely N-dealkylation sites (tertiary alicyclic amines) is 1. The Morgan fingerprint density at radius 1 is 1.25 bits per heavy atom. The molecular formula is C13H18BrMgN. The molecule has 84 valence electrons. The Morgan fingerprint density at radius 3 is 2.38 bits per heavy atom. The van der Waals surface area contributed by atoms with Crippen molar-refractivity contribution in [3.05, 3.63) is 35.9 Å². The SMILES string of the molecule is CC1CCN(Cc2cc[c-]cc2)CC1.[Br-].[Mg+2]. The normalized spacial score (nSPS) is 17.3. The first-order valence-electron chi connectivity index (χ1n) is 5.52. The Balaban J connectivity index is 0.00000112. The molecule has 1 heterocycles. The number of benzene rings is 1. The van der Waals surface area contributed by atoms with Gasteiger partial charge in [-0.3, -0.25) is 0 Å². The third kappa shape index (κ3) is 5.17. The van der Waals surface area contributed by atoms with E-state index >= 15 is 0 Å². The zero-order valence-electron chi connectivity index (χ0n) is 9.95. The van der Waals surface area contributed by atoms with E-state index < -0.39 is 0 Å². The van der Waals surface area contributed by atoms with Gasteiger partial charge in [-0.2, -0.15) is 30.3 Å². The van der Waals surface area contributed by atoms with E-state index in [1.165, 1.54) is 31.5 Å². The van der Waals surface area contributed by atoms with Gasteiger partial charge in [-0.15, -0.1) is 5.56 Å². The summed E-state index contributed by atoms with van der Waals surface area (Å²) in [5, 5.41) is 0. The van der Waals surface area contributed by atoms with Crippen LogP contribution in [0.1, 0.15) is 25.3 Å². The number of rotatable bonds is 2. The van der Waals surface area contributed by atoms with Crippen molar-refractivity contribution < 1.29 is 17.0 Å². The molecular weight excluding hydrogens is 274 g/mol. The van der Waals surface area contributed by atoms with Gasteiger partial charge >= 0.3 is 23.1 Å². The van der Waals surface area contributed by atoms with Gasteiger partial charge in [-0.1, -0.05) is 6.92 Å². The Bertz CT molecular complexity index is 271. The van der Waals surface area contributed by atoms with E-state index in [1.807, 2.05) is 12.1 Å². The molecule has 0 N–H and O–H groups in total. The maximum Gasteiger partial charge on any atom is 2.00 e. The minimum Gasteiger partial charge on any atom is -1.00 e. The maximum atomic E-state index is 3.06. The molecule has 16 heavy (non-hydrogen) atoms. The average molecular weight is 293 g/mol. The molecule has 0 radical (unpaired) electrons. The molecule has 0 atom stereocenters. The monoisotopic (exact) mass is 291 g/mol. The van der Waals surface area contributed by atoms with E-state index in [1.54, 1.807) is 0 Å². The van der Waals surface area contributed by atoms with Gasteiger partial charge < -0.3 is 21.9 Å². The summed E-state index contributed by atoms with van der Waals surface area (Å²) in [7, 11) is 0. The van der Waals surface area contributed by atoms with Crippen LogP contribution in [0.15, 0.2) is 24.3 Å². The number of halogens is 1. The minimum absolute atomic E-state index is 0. The molecule has 1 aliphatic heterocycles. The van der Waals surface area contributed by atoms with Crippen molar-refractivity contribution in [2.24, 2.45) is 5.92 Å². The summed E-state index contributed by atoms with van der Waals surface area (Å²) in [5.74, 6) is 0.926. The number of nitrogens with zero attached hydrogens (tertiary/aromatic N) is 1. The van der Waals surface area contributed by atoms with E-state index in [9.17, 15) is 0 Å². The fraction of sp³-hybridized carbons (Fsp3) is 0.538. The van der Waals surface area contributed by atoms with E-state index in [-0.39, 0.29) is 40.0 Å². The van der Waals surface area contributed by atoms with Gasteiger partial charge in [-0.05, 0) is 31.8 Å². The quantitative estimate of drug-likeness (QED) is 0.517. The third-order valence-corrected chi connectivity index (χ3v) is 3.07. The maximum absolute atomic E-state index is 3.06. The van der Waals surface area contributed by atoms with Crippen LogP contribution in [0.2, 0.25) is 0 Å². The van der Waals surface area contributed by atoms with Gasteiger partial charge in [0.25, 0.3) is 0 Å². The standard InChI is InChI=1S/C13H18N.BrH.Mg/c1-12-7-9-14(10-8-12)11-13-5-3-2-4-6-13;;/h3-6,12H,7-11H2,1H3;1H;/q-1;;+2/p-1. The molecule has 1 saturated heterocycles. The van der Waals surface area contributed by atoms with Gasteiger partial charge in [0.2, 0.25) is 0 Å². The number of hydrogen-bond acceptors (Lipinski definition) is 1. The van der Waals surface area contributed by atoms with Crippen LogP contribution in [0.4, 0.5) is 0 Å². The van der Waals surface area contributed by atoms with Crippen LogP contribution in [0.25, 0.3) is 0 Å². The topological polar surface area (TPSA) is 3.24 Å². The van der Waals surface area contributed by atoms with E-state index in [4.69, 9.17) is 0 Å². The first-order valence-corrected chi connectivity index (χ1v) is 5.52. The molecule has 0 saturated carbocycles. The first kappa shape index (κ1) is 16.4. The molecule has 1 fully saturated rings. The third-order valence-electron chi connectivity index (χ3n) is 3.07. The van der Waals surface area contributed by atoms with Gasteiger partial charge in [0, 0.05) is 6.54 Å². The molecule has 0 aromatic heterocycles. The molecule has 0 aliphatic carbocycles. The summed E-state index contributed by atoms with van der Waals surface area (Å²) in [6.45, 7) is 6.00. The van der Waals surface area contributed by atoms with Gasteiger partial charge in [0.15, 0.2) is 0 Å². The summed E-state index contributed by atoms with van der Waals surface area (Å²) in [5.41, 5.74) is 1.42. The van der Waals surface area contributed by atoms with Crippen molar-refractivity contribution in [1.29, 1.82) is 0 Å². The fourth-order valence-corrected chi connectivity index (χ4v) is 2.01. The smallest absolute Gasteiger partial charge is 1.00 e. The summed E-state index contributed by atoms with van der Waals surface area (Å²) < 4.78 is 0. The predicted molar refractivity (Wildman–Crippen MR) is 64.7 cm³/mol. The van der Waals surface area contributed by atoms with Gasteiger partial charge in [-0.25, -0.2) is 0 Å². The Morgan fingerprint density at radius 2 is 1.81 bits per heavy atom. The average Bonchev–Trinajstić information content (AvgIpc) is 2.23. The van der Waals surface area contributed by atoms with Gasteiger partial charge in [0.05, 0.1) is 0 Å². The van der Waals surface area contributed by atoms with Gasteiger partial charge in [0.1, 0.15) is 0 Å². The van der Waals surface area contributed by atoms with Crippen LogP contribution >= 0.6 is 0 Å². The molecule has 0 amide bonds. The number of piperidine rings is 1. The molecule has 1 aromatic carbocycles. The summed E-state index contributed by atoms with van der Waals surface area (Å²) in [6.07, 6.45) is 2.72. The van der Waals surface area contributed by atoms with Crippen molar-refractivity contribution in [3.63, 3.8) is 0 Å². The zero-order chi connectivity index (χ0) is 9.80. The molecule has 1 nitrogen and oxygen atoms in total. The van der Waals surface area contributed by atoms with Crippen molar-refractivity contribution in [3.8, 4) is 0 Å². The largest absolute Gasteiger partial charge is 2.00 e. The second kappa shape index (κ2) is 8.51. The first-order chi connectivity index (χ1) is 6.84. The summed E-state index contributed by atoms with van der Waals surface area (Å²) >= 11 is 0. The molecule has 3 heteroatoms. The molecule has 1 aromatic rings. The predicted octanol–water partition coefficient (Wildman–Crippen LogP) is -0.658. The van der Waals surface area contributed by atoms with Crippen LogP contribution < -0.4 is 17.0 Å². The number of hydrogen-bond donors (Lipinski definition) is 0. The van der Waals surface area contributed by atoms with Crippen LogP contribution in [0.5, 0.6) is 0 Å². The van der Waals surface area contributed by atoms with E-state index in [0.717, 1.165) is 12.5 Å². The van der Waals surface area contributed by atoms with Crippen LogP contribution in [-0.4, -0.2) is 41.0 Å². The summed E-state index contributed by atoms with van der Waals surface area (Å²) in [4.78, 5) is 2.55. The van der Waals surface area contributed by atoms with E-state index in [2.05, 4.69) is 30.0 Å². The van der Waals surface area contributed by atoms with Crippen molar-refractivity contribution in [2.75, 3.05) is 13.1 Å². The second-order valence-corrected chi connectivity index (χ2v) is 4.37. The summed E-state index contributed by atoms with van der Waals surface area (Å²) in [6, 6.07) is 11.4. The zero-order valence-corrected chi connectivity index (χ0v) is 13.0. The molecule has 0 unspecified atom stereocenters. The molecule has 0 bridgehead atoms. The van der Waals surface area contributed by atoms with Crippen molar-refractivity contribution >= 4 is 23.1 Å². The second-order valence-electron chi connectivity index (χ2n) is 4.37. The molecule has 0 spiro atoms. The Hall–Kier alpha value is 0.426. The fourth-order valence-electron chi connectivity index (χ4n) is 2.01. The molecule has 2 rings (SSSR count). The Labute approximate surface area is 126 Å². The van der Waals surface area contributed by atoms with E-state index in [0.29, 0.717) is 0 Å². The van der Waals surface area contributed by atoms with Crippen LogP contribution in [0, 0.1) is 12.0 Å². The van der Waals surface area contributed by atoms with Crippen molar-refractivity contribution in [1.82, 2.24) is 4.90 Å². The van der Waals surface area contributed by atoms with Crippen LogP contribution in [-0.2, 0) is 6.54 Å².